The zero-order chi connectivity index (χ0) is 33.5. The number of sulfone groups is 1. The van der Waals surface area contributed by atoms with Gasteiger partial charge in [0, 0.05) is 25.2 Å². The fourth-order valence-corrected chi connectivity index (χ4v) is 6.48. The van der Waals surface area contributed by atoms with Crippen molar-refractivity contribution >= 4 is 27.9 Å². The SMILES string of the molecule is CC/C(=C\c1ccccc1)[C@@H]1C[C@H]1NC1CC2(C1)CN(CCCS(=O)(=O)C(C)C)C2.O=C(O)C(F)(F)F.O=C(O)C(F)(F)F. The highest BCUT2D eigenvalue weighted by atomic mass is 32.2. The fourth-order valence-electron chi connectivity index (χ4n) is 5.47. The Balaban J connectivity index is 0.000000402. The molecule has 1 aliphatic heterocycles. The molecule has 4 rings (SSSR count). The summed E-state index contributed by atoms with van der Waals surface area (Å²) in [6.07, 6.45) is -2.00. The molecule has 3 N–H and O–H groups in total. The van der Waals surface area contributed by atoms with E-state index in [1.165, 1.54) is 24.8 Å². The standard InChI is InChI=1S/C25H38N2O2S.2C2HF3O2/c1-4-21(13-20-9-6-5-7-10-20)23-14-24(23)26-22-15-25(16-22)17-27(18-25)11-8-12-30(28,29)19(2)3;2*3-2(4,5)1(6)7/h5-7,9-10,13,19,22-24,26H,4,8,11-12,14-18H2,1-3H3;2*(H,6,7)/b21-13+;;/t23-,24+;;/m0../s1. The van der Waals surface area contributed by atoms with E-state index in [9.17, 15) is 34.8 Å². The van der Waals surface area contributed by atoms with Crippen molar-refractivity contribution in [3.8, 4) is 0 Å². The lowest BCUT2D eigenvalue weighted by Crippen LogP contribution is -2.66. The van der Waals surface area contributed by atoms with E-state index < -0.39 is 34.1 Å². The fraction of sp³-hybridized carbons (Fsp3) is 0.655. The molecule has 3 fully saturated rings. The summed E-state index contributed by atoms with van der Waals surface area (Å²) in [6, 6.07) is 12.0. The minimum Gasteiger partial charge on any atom is -0.475 e. The van der Waals surface area contributed by atoms with Crippen LogP contribution in [0.15, 0.2) is 35.9 Å². The van der Waals surface area contributed by atoms with E-state index in [0.29, 0.717) is 29.2 Å². The first-order valence-electron chi connectivity index (χ1n) is 14.2. The van der Waals surface area contributed by atoms with Crippen LogP contribution in [0.2, 0.25) is 0 Å². The van der Waals surface area contributed by atoms with E-state index in [1.54, 1.807) is 19.4 Å². The highest BCUT2D eigenvalue weighted by Crippen LogP contribution is 2.50. The normalized spacial score (nSPS) is 21.7. The van der Waals surface area contributed by atoms with E-state index in [4.69, 9.17) is 19.8 Å². The molecule has 1 aromatic carbocycles. The summed E-state index contributed by atoms with van der Waals surface area (Å²) in [5.74, 6) is -4.47. The predicted octanol–water partition coefficient (Wildman–Crippen LogP) is 5.40. The second-order valence-electron chi connectivity index (χ2n) is 11.8. The molecule has 3 aliphatic rings. The molecule has 44 heavy (non-hydrogen) atoms. The Hall–Kier alpha value is -2.65. The van der Waals surface area contributed by atoms with Crippen LogP contribution in [0.25, 0.3) is 6.08 Å². The number of nitrogens with zero attached hydrogens (tertiary/aromatic N) is 1. The number of aliphatic carboxylic acids is 2. The molecule has 0 amide bonds. The molecule has 0 aromatic heterocycles. The van der Waals surface area contributed by atoms with E-state index >= 15 is 0 Å². The van der Waals surface area contributed by atoms with Crippen LogP contribution in [0.3, 0.4) is 0 Å². The number of nitrogens with one attached hydrogen (secondary N) is 1. The maximum Gasteiger partial charge on any atom is 0.490 e. The van der Waals surface area contributed by atoms with Crippen LogP contribution in [-0.2, 0) is 19.4 Å². The minimum absolute atomic E-state index is 0.249. The van der Waals surface area contributed by atoms with Crippen LogP contribution < -0.4 is 5.32 Å². The summed E-state index contributed by atoms with van der Waals surface area (Å²) in [4.78, 5) is 20.2. The Labute approximate surface area is 253 Å². The molecule has 250 valence electrons. The Morgan fingerprint density at radius 3 is 1.95 bits per heavy atom. The largest absolute Gasteiger partial charge is 0.490 e. The summed E-state index contributed by atoms with van der Waals surface area (Å²) in [5.41, 5.74) is 3.42. The van der Waals surface area contributed by atoms with Crippen molar-refractivity contribution in [1.82, 2.24) is 10.2 Å². The van der Waals surface area contributed by atoms with Gasteiger partial charge in [-0.2, -0.15) is 26.3 Å². The number of carbonyl (C=O) groups is 2. The molecule has 2 atom stereocenters. The molecule has 1 aromatic rings. The van der Waals surface area contributed by atoms with Gasteiger partial charge in [0.15, 0.2) is 9.84 Å². The molecule has 1 saturated heterocycles. The van der Waals surface area contributed by atoms with Crippen LogP contribution in [0, 0.1) is 11.3 Å². The first kappa shape index (κ1) is 37.5. The molecule has 15 heteroatoms. The number of hydrogen-bond acceptors (Lipinski definition) is 6. The van der Waals surface area contributed by atoms with Crippen LogP contribution in [0.1, 0.15) is 58.4 Å². The number of benzene rings is 1. The van der Waals surface area contributed by atoms with Crippen molar-refractivity contribution in [3.05, 3.63) is 41.5 Å². The Morgan fingerprint density at radius 1 is 1.02 bits per heavy atom. The Morgan fingerprint density at radius 2 is 1.52 bits per heavy atom. The second kappa shape index (κ2) is 15.1. The molecule has 2 aliphatic carbocycles. The van der Waals surface area contributed by atoms with Crippen molar-refractivity contribution in [1.29, 1.82) is 0 Å². The van der Waals surface area contributed by atoms with Gasteiger partial charge >= 0.3 is 24.3 Å². The third kappa shape index (κ3) is 11.7. The molecule has 1 spiro atoms. The zero-order valence-electron chi connectivity index (χ0n) is 24.8. The van der Waals surface area contributed by atoms with Crippen LogP contribution >= 0.6 is 0 Å². The van der Waals surface area contributed by atoms with Crippen molar-refractivity contribution in [2.24, 2.45) is 11.3 Å². The predicted molar refractivity (Wildman–Crippen MR) is 153 cm³/mol. The number of carboxylic acid groups (broad SMARTS) is 2. The van der Waals surface area contributed by atoms with Crippen LogP contribution in [0.5, 0.6) is 0 Å². The molecule has 0 radical (unpaired) electrons. The van der Waals surface area contributed by atoms with Gasteiger partial charge in [0.2, 0.25) is 0 Å². The monoisotopic (exact) mass is 658 g/mol. The molecule has 8 nitrogen and oxygen atoms in total. The van der Waals surface area contributed by atoms with Gasteiger partial charge < -0.3 is 20.4 Å². The third-order valence-electron chi connectivity index (χ3n) is 7.86. The van der Waals surface area contributed by atoms with E-state index in [2.05, 4.69) is 53.5 Å². The topological polar surface area (TPSA) is 124 Å². The van der Waals surface area contributed by atoms with Crippen LogP contribution in [0.4, 0.5) is 26.3 Å². The summed E-state index contributed by atoms with van der Waals surface area (Å²) in [7, 11) is -2.89. The van der Waals surface area contributed by atoms with Crippen molar-refractivity contribution in [2.45, 2.75) is 82.6 Å². The Kier molecular flexibility index (Phi) is 12.9. The van der Waals surface area contributed by atoms with Crippen molar-refractivity contribution in [3.63, 3.8) is 0 Å². The zero-order valence-corrected chi connectivity index (χ0v) is 25.6. The van der Waals surface area contributed by atoms with E-state index in [0.717, 1.165) is 32.5 Å². The molecular formula is C29H40F6N2O6S. The average molecular weight is 659 g/mol. The van der Waals surface area contributed by atoms with Gasteiger partial charge in [-0.25, -0.2) is 18.0 Å². The highest BCUT2D eigenvalue weighted by molar-refractivity contribution is 7.91. The van der Waals surface area contributed by atoms with Crippen molar-refractivity contribution < 1.29 is 54.6 Å². The summed E-state index contributed by atoms with van der Waals surface area (Å²) < 4.78 is 87.3. The third-order valence-corrected chi connectivity index (χ3v) is 10.2. The first-order valence-corrected chi connectivity index (χ1v) is 16.0. The molecule has 2 saturated carbocycles. The molecule has 0 bridgehead atoms. The lowest BCUT2D eigenvalue weighted by molar-refractivity contribution is -0.193. The average Bonchev–Trinajstić information content (AvgIpc) is 3.63. The minimum atomic E-state index is -5.08. The quantitative estimate of drug-likeness (QED) is 0.286. The Bertz CT molecular complexity index is 1210. The van der Waals surface area contributed by atoms with Gasteiger partial charge in [0.1, 0.15) is 0 Å². The number of rotatable bonds is 10. The maximum absolute atomic E-state index is 11.9. The van der Waals surface area contributed by atoms with Gasteiger partial charge in [-0.1, -0.05) is 48.9 Å². The molecule has 0 unspecified atom stereocenters. The van der Waals surface area contributed by atoms with Crippen molar-refractivity contribution in [2.75, 3.05) is 25.4 Å². The van der Waals surface area contributed by atoms with Gasteiger partial charge in [0.05, 0.1) is 11.0 Å². The number of carboxylic acids is 2. The van der Waals surface area contributed by atoms with E-state index in [1.807, 2.05) is 0 Å². The first-order chi connectivity index (χ1) is 20.2. The molecular weight excluding hydrogens is 618 g/mol. The number of likely N-dealkylation sites (tertiary alicyclic amines) is 1. The van der Waals surface area contributed by atoms with Gasteiger partial charge in [-0.05, 0) is 69.4 Å². The smallest absolute Gasteiger partial charge is 0.475 e. The van der Waals surface area contributed by atoms with Gasteiger partial charge in [0.25, 0.3) is 0 Å². The lowest BCUT2D eigenvalue weighted by Gasteiger charge is -2.59. The number of alkyl halides is 6. The summed E-state index contributed by atoms with van der Waals surface area (Å²) in [6.45, 7) is 9.09. The second-order valence-corrected chi connectivity index (χ2v) is 14.5. The lowest BCUT2D eigenvalue weighted by atomic mass is 9.60. The summed E-state index contributed by atoms with van der Waals surface area (Å²) in [5, 5.41) is 17.9. The number of hydrogen-bond donors (Lipinski definition) is 3. The number of halogens is 6. The molecule has 1 heterocycles. The highest BCUT2D eigenvalue weighted by Gasteiger charge is 2.53. The van der Waals surface area contributed by atoms with E-state index in [-0.39, 0.29) is 5.25 Å². The van der Waals surface area contributed by atoms with Gasteiger partial charge in [-0.15, -0.1) is 0 Å². The maximum atomic E-state index is 11.9. The van der Waals surface area contributed by atoms with Gasteiger partial charge in [-0.3, -0.25) is 0 Å². The van der Waals surface area contributed by atoms with Crippen LogP contribution in [-0.4, -0.2) is 90.5 Å². The summed E-state index contributed by atoms with van der Waals surface area (Å²) >= 11 is 0.